The smallest absolute Gasteiger partial charge is 0.339 e. The van der Waals surface area contributed by atoms with Crippen LogP contribution in [-0.2, 0) is 6.42 Å². The van der Waals surface area contributed by atoms with E-state index in [1.807, 2.05) is 30.3 Å². The summed E-state index contributed by atoms with van der Waals surface area (Å²) in [5.41, 5.74) is 1.22. The first-order chi connectivity index (χ1) is 8.18. The average Bonchev–Trinajstić information content (AvgIpc) is 2.33. The van der Waals surface area contributed by atoms with Crippen LogP contribution >= 0.6 is 0 Å². The number of pyridine rings is 1. The predicted molar refractivity (Wildman–Crippen MR) is 62.1 cm³/mol. The zero-order valence-corrected chi connectivity index (χ0v) is 9.00. The minimum absolute atomic E-state index is 0.120. The fourth-order valence-electron chi connectivity index (χ4n) is 1.59. The van der Waals surface area contributed by atoms with Crippen LogP contribution in [0.5, 0.6) is 5.75 Å². The largest absolute Gasteiger partial charge is 0.505 e. The average molecular weight is 229 g/mol. The van der Waals surface area contributed by atoms with Crippen LogP contribution in [0.25, 0.3) is 0 Å². The molecule has 0 aliphatic heterocycles. The first kappa shape index (κ1) is 11.1. The second-order valence-electron chi connectivity index (χ2n) is 3.62. The first-order valence-electron chi connectivity index (χ1n) is 5.12. The van der Waals surface area contributed by atoms with E-state index in [-0.39, 0.29) is 11.3 Å². The monoisotopic (exact) mass is 229 g/mol. The number of carboxylic acid groups (broad SMARTS) is 1. The molecule has 0 saturated heterocycles. The Bertz CT molecular complexity index is 538. The van der Waals surface area contributed by atoms with Gasteiger partial charge in [0.1, 0.15) is 5.56 Å². The van der Waals surface area contributed by atoms with Gasteiger partial charge in [-0.25, -0.2) is 4.79 Å². The Morgan fingerprint density at radius 1 is 1.18 bits per heavy atom. The van der Waals surface area contributed by atoms with E-state index in [1.165, 1.54) is 12.3 Å². The fraction of sp³-hybridized carbons (Fsp3) is 0.0769. The van der Waals surface area contributed by atoms with Crippen LogP contribution in [-0.4, -0.2) is 21.2 Å². The van der Waals surface area contributed by atoms with Crippen molar-refractivity contribution in [2.45, 2.75) is 6.42 Å². The van der Waals surface area contributed by atoms with Crippen LogP contribution in [0.2, 0.25) is 0 Å². The molecular weight excluding hydrogens is 218 g/mol. The molecule has 0 fully saturated rings. The number of carbonyl (C=O) groups is 1. The number of nitrogens with zero attached hydrogens (tertiary/aromatic N) is 1. The van der Waals surface area contributed by atoms with E-state index in [2.05, 4.69) is 4.98 Å². The molecule has 2 rings (SSSR count). The maximum atomic E-state index is 10.8. The predicted octanol–water partition coefficient (Wildman–Crippen LogP) is 2.08. The quantitative estimate of drug-likeness (QED) is 0.845. The van der Waals surface area contributed by atoms with E-state index in [9.17, 15) is 9.90 Å². The standard InChI is InChI=1S/C13H11NO3/c15-12-10(13(16)17)6-7-14-11(12)8-9-4-2-1-3-5-9/h1-7,15H,8H2,(H,16,17). The van der Waals surface area contributed by atoms with Gasteiger partial charge in [-0.05, 0) is 11.6 Å². The number of aromatic hydroxyl groups is 1. The molecule has 0 atom stereocenters. The summed E-state index contributed by atoms with van der Waals surface area (Å²) in [5.74, 6) is -1.41. The SMILES string of the molecule is O=C(O)c1ccnc(Cc2ccccc2)c1O. The van der Waals surface area contributed by atoms with Crippen molar-refractivity contribution < 1.29 is 15.0 Å². The van der Waals surface area contributed by atoms with E-state index in [4.69, 9.17) is 5.11 Å². The molecule has 4 nitrogen and oxygen atoms in total. The van der Waals surface area contributed by atoms with Crippen molar-refractivity contribution in [3.05, 3.63) is 59.4 Å². The Kier molecular flexibility index (Phi) is 3.05. The summed E-state index contributed by atoms with van der Waals surface area (Å²) in [7, 11) is 0. The number of benzene rings is 1. The Morgan fingerprint density at radius 2 is 1.88 bits per heavy atom. The van der Waals surface area contributed by atoms with Crippen LogP contribution in [0.1, 0.15) is 21.6 Å². The van der Waals surface area contributed by atoms with Gasteiger partial charge in [0.25, 0.3) is 0 Å². The summed E-state index contributed by atoms with van der Waals surface area (Å²) < 4.78 is 0. The lowest BCUT2D eigenvalue weighted by Crippen LogP contribution is -2.01. The molecular formula is C13H11NO3. The molecule has 17 heavy (non-hydrogen) atoms. The third kappa shape index (κ3) is 2.42. The molecule has 86 valence electrons. The molecule has 0 aliphatic carbocycles. The Morgan fingerprint density at radius 3 is 2.53 bits per heavy atom. The summed E-state index contributed by atoms with van der Waals surface area (Å²) in [4.78, 5) is 14.8. The van der Waals surface area contributed by atoms with Gasteiger partial charge < -0.3 is 10.2 Å². The Labute approximate surface area is 98.2 Å². The fourth-order valence-corrected chi connectivity index (χ4v) is 1.59. The molecule has 0 saturated carbocycles. The highest BCUT2D eigenvalue weighted by Gasteiger charge is 2.14. The van der Waals surface area contributed by atoms with Crippen LogP contribution in [0.3, 0.4) is 0 Å². The lowest BCUT2D eigenvalue weighted by molar-refractivity contribution is 0.0693. The van der Waals surface area contributed by atoms with Crippen molar-refractivity contribution in [2.24, 2.45) is 0 Å². The van der Waals surface area contributed by atoms with Gasteiger partial charge in [0, 0.05) is 12.6 Å². The van der Waals surface area contributed by atoms with Crippen LogP contribution < -0.4 is 0 Å². The molecule has 0 spiro atoms. The van der Waals surface area contributed by atoms with Gasteiger partial charge in [-0.15, -0.1) is 0 Å². The summed E-state index contributed by atoms with van der Waals surface area (Å²) in [6, 6.07) is 10.7. The molecule has 1 aromatic carbocycles. The van der Waals surface area contributed by atoms with Gasteiger partial charge in [-0.1, -0.05) is 30.3 Å². The topological polar surface area (TPSA) is 70.4 Å². The van der Waals surface area contributed by atoms with Crippen molar-refractivity contribution in [1.82, 2.24) is 4.98 Å². The maximum Gasteiger partial charge on any atom is 0.339 e. The summed E-state index contributed by atoms with van der Waals surface area (Å²) in [6.45, 7) is 0. The molecule has 0 unspecified atom stereocenters. The second kappa shape index (κ2) is 4.65. The molecule has 2 N–H and O–H groups in total. The first-order valence-corrected chi connectivity index (χ1v) is 5.12. The normalized spacial score (nSPS) is 10.1. The van der Waals surface area contributed by atoms with E-state index in [0.29, 0.717) is 12.1 Å². The van der Waals surface area contributed by atoms with E-state index in [0.717, 1.165) is 5.56 Å². The molecule has 0 bridgehead atoms. The van der Waals surface area contributed by atoms with E-state index >= 15 is 0 Å². The molecule has 0 radical (unpaired) electrons. The minimum Gasteiger partial charge on any atom is -0.505 e. The third-order valence-electron chi connectivity index (χ3n) is 2.44. The van der Waals surface area contributed by atoms with Gasteiger partial charge in [-0.2, -0.15) is 0 Å². The summed E-state index contributed by atoms with van der Waals surface area (Å²) in [6.07, 6.45) is 1.80. The van der Waals surface area contributed by atoms with Gasteiger partial charge in [0.05, 0.1) is 5.69 Å². The van der Waals surface area contributed by atoms with Crippen LogP contribution in [0.15, 0.2) is 42.6 Å². The highest BCUT2D eigenvalue weighted by atomic mass is 16.4. The zero-order valence-electron chi connectivity index (χ0n) is 9.00. The lowest BCUT2D eigenvalue weighted by atomic mass is 10.1. The van der Waals surface area contributed by atoms with Crippen molar-refractivity contribution in [1.29, 1.82) is 0 Å². The molecule has 2 aromatic rings. The number of hydrogen-bond acceptors (Lipinski definition) is 3. The minimum atomic E-state index is -1.15. The molecule has 4 heteroatoms. The number of carboxylic acids is 1. The number of aromatic nitrogens is 1. The Balaban J connectivity index is 2.34. The van der Waals surface area contributed by atoms with Gasteiger partial charge in [-0.3, -0.25) is 4.98 Å². The van der Waals surface area contributed by atoms with Gasteiger partial charge in [0.15, 0.2) is 5.75 Å². The summed E-state index contributed by atoms with van der Waals surface area (Å²) in [5, 5.41) is 18.6. The zero-order chi connectivity index (χ0) is 12.3. The number of hydrogen-bond donors (Lipinski definition) is 2. The highest BCUT2D eigenvalue weighted by molar-refractivity contribution is 5.90. The van der Waals surface area contributed by atoms with E-state index < -0.39 is 5.97 Å². The Hall–Kier alpha value is -2.36. The molecule has 0 amide bonds. The maximum absolute atomic E-state index is 10.8. The van der Waals surface area contributed by atoms with Gasteiger partial charge >= 0.3 is 5.97 Å². The van der Waals surface area contributed by atoms with E-state index in [1.54, 1.807) is 0 Å². The number of aromatic carboxylic acids is 1. The van der Waals surface area contributed by atoms with Gasteiger partial charge in [0.2, 0.25) is 0 Å². The second-order valence-corrected chi connectivity index (χ2v) is 3.62. The summed E-state index contributed by atoms with van der Waals surface area (Å²) >= 11 is 0. The van der Waals surface area contributed by atoms with Crippen molar-refractivity contribution >= 4 is 5.97 Å². The van der Waals surface area contributed by atoms with Crippen molar-refractivity contribution in [2.75, 3.05) is 0 Å². The molecule has 1 heterocycles. The number of rotatable bonds is 3. The molecule has 1 aromatic heterocycles. The van der Waals surface area contributed by atoms with Crippen molar-refractivity contribution in [3.8, 4) is 5.75 Å². The third-order valence-corrected chi connectivity index (χ3v) is 2.44. The van der Waals surface area contributed by atoms with Crippen LogP contribution in [0.4, 0.5) is 0 Å². The molecule has 0 aliphatic rings. The van der Waals surface area contributed by atoms with Crippen molar-refractivity contribution in [3.63, 3.8) is 0 Å². The highest BCUT2D eigenvalue weighted by Crippen LogP contribution is 2.22. The van der Waals surface area contributed by atoms with Crippen LogP contribution in [0, 0.1) is 0 Å². The lowest BCUT2D eigenvalue weighted by Gasteiger charge is -2.06.